The number of hydrazone groups is 1. The highest BCUT2D eigenvalue weighted by Crippen LogP contribution is 2.36. The number of aromatic nitrogens is 1. The van der Waals surface area contributed by atoms with Crippen LogP contribution in [0.1, 0.15) is 17.2 Å². The average Bonchev–Trinajstić information content (AvgIpc) is 3.38. The van der Waals surface area contributed by atoms with Gasteiger partial charge >= 0.3 is 6.03 Å². The maximum atomic E-state index is 13.0. The van der Waals surface area contributed by atoms with Crippen molar-refractivity contribution in [3.63, 3.8) is 0 Å². The van der Waals surface area contributed by atoms with Crippen molar-refractivity contribution in [1.82, 2.24) is 9.99 Å². The molecule has 1 aliphatic heterocycles. The molecule has 2 aromatic carbocycles. The number of sulfone groups is 1. The number of primary amides is 2. The van der Waals surface area contributed by atoms with E-state index in [9.17, 15) is 18.0 Å². The topological polar surface area (TPSA) is 158 Å². The Morgan fingerprint density at radius 3 is 2.47 bits per heavy atom. The van der Waals surface area contributed by atoms with Gasteiger partial charge in [0.05, 0.1) is 10.2 Å². The van der Waals surface area contributed by atoms with Crippen molar-refractivity contribution in [2.24, 2.45) is 16.6 Å². The molecule has 3 amide bonds. The minimum Gasteiger partial charge on any atom is -0.442 e. The number of amides is 3. The van der Waals surface area contributed by atoms with E-state index in [1.54, 1.807) is 6.07 Å². The Labute approximate surface area is 187 Å². The summed E-state index contributed by atoms with van der Waals surface area (Å²) >= 11 is 1.16. The van der Waals surface area contributed by atoms with Crippen LogP contribution in [0, 0.1) is 0 Å². The summed E-state index contributed by atoms with van der Waals surface area (Å²) < 4.78 is 32.1. The second-order valence-corrected chi connectivity index (χ2v) is 10.4. The minimum absolute atomic E-state index is 0.195. The SMILES string of the molecule is CCS(=O)(=O)C(C1=NN(C(N)=O)C(C(N)=O)O1)c1nc2ccc(-c3ccccc3)cc2s1. The fourth-order valence-electron chi connectivity index (χ4n) is 3.25. The molecule has 0 bridgehead atoms. The first-order valence-electron chi connectivity index (χ1n) is 9.52. The highest BCUT2D eigenvalue weighted by molar-refractivity contribution is 7.92. The lowest BCUT2D eigenvalue weighted by molar-refractivity contribution is -0.129. The second-order valence-electron chi connectivity index (χ2n) is 6.93. The van der Waals surface area contributed by atoms with Crippen LogP contribution in [0.25, 0.3) is 21.3 Å². The highest BCUT2D eigenvalue weighted by Gasteiger charge is 2.44. The molecule has 2 heterocycles. The van der Waals surface area contributed by atoms with E-state index < -0.39 is 33.3 Å². The van der Waals surface area contributed by atoms with Gasteiger partial charge in [0.2, 0.25) is 5.90 Å². The van der Waals surface area contributed by atoms with Gasteiger partial charge in [-0.05, 0) is 23.3 Å². The number of carbonyl (C=O) groups excluding carboxylic acids is 2. The Balaban J connectivity index is 1.80. The molecule has 4 rings (SSSR count). The summed E-state index contributed by atoms with van der Waals surface area (Å²) in [4.78, 5) is 27.8. The number of nitrogens with two attached hydrogens (primary N) is 2. The molecule has 10 nitrogen and oxygen atoms in total. The molecule has 1 aliphatic rings. The summed E-state index contributed by atoms with van der Waals surface area (Å²) in [5, 5.41) is 3.16. The Hall–Kier alpha value is -3.51. The molecule has 0 saturated carbocycles. The molecule has 1 aromatic heterocycles. The molecule has 0 saturated heterocycles. The summed E-state index contributed by atoms with van der Waals surface area (Å²) in [7, 11) is -3.84. The molecular formula is C20H19N5O5S2. The predicted molar refractivity (Wildman–Crippen MR) is 120 cm³/mol. The van der Waals surface area contributed by atoms with E-state index in [0.717, 1.165) is 27.2 Å². The number of ether oxygens (including phenoxy) is 1. The van der Waals surface area contributed by atoms with Crippen LogP contribution in [0.5, 0.6) is 0 Å². The zero-order valence-corrected chi connectivity index (χ0v) is 18.5. The van der Waals surface area contributed by atoms with Crippen LogP contribution in [-0.4, -0.2) is 48.2 Å². The zero-order chi connectivity index (χ0) is 23.0. The number of hydrogen-bond acceptors (Lipinski definition) is 8. The van der Waals surface area contributed by atoms with Crippen molar-refractivity contribution in [3.8, 4) is 11.1 Å². The summed E-state index contributed by atoms with van der Waals surface area (Å²) in [6.45, 7) is 1.47. The van der Waals surface area contributed by atoms with Gasteiger partial charge in [0, 0.05) is 5.75 Å². The first-order chi connectivity index (χ1) is 15.2. The molecule has 4 N–H and O–H groups in total. The zero-order valence-electron chi connectivity index (χ0n) is 16.8. The summed E-state index contributed by atoms with van der Waals surface area (Å²) in [6.07, 6.45) is -1.63. The number of benzene rings is 2. The van der Waals surface area contributed by atoms with E-state index in [2.05, 4.69) is 10.1 Å². The summed E-state index contributed by atoms with van der Waals surface area (Å²) in [5.41, 5.74) is 13.0. The van der Waals surface area contributed by atoms with Crippen molar-refractivity contribution in [2.75, 3.05) is 5.75 Å². The van der Waals surface area contributed by atoms with Crippen molar-refractivity contribution in [2.45, 2.75) is 18.4 Å². The van der Waals surface area contributed by atoms with Crippen molar-refractivity contribution in [1.29, 1.82) is 0 Å². The second kappa shape index (κ2) is 8.20. The van der Waals surface area contributed by atoms with Crippen LogP contribution in [0.2, 0.25) is 0 Å². The van der Waals surface area contributed by atoms with E-state index in [1.165, 1.54) is 6.92 Å². The maximum absolute atomic E-state index is 13.0. The quantitative estimate of drug-likeness (QED) is 0.557. The van der Waals surface area contributed by atoms with Gasteiger partial charge in [-0.15, -0.1) is 16.4 Å². The summed E-state index contributed by atoms with van der Waals surface area (Å²) in [5.74, 6) is -1.66. The van der Waals surface area contributed by atoms with Crippen LogP contribution in [0.3, 0.4) is 0 Å². The lowest BCUT2D eigenvalue weighted by atomic mass is 10.1. The van der Waals surface area contributed by atoms with E-state index in [-0.39, 0.29) is 16.7 Å². The molecule has 2 unspecified atom stereocenters. The number of rotatable bonds is 6. The lowest BCUT2D eigenvalue weighted by Crippen LogP contribution is -2.45. The number of thiazole rings is 1. The number of carbonyl (C=O) groups is 2. The van der Waals surface area contributed by atoms with Gasteiger partial charge in [0.15, 0.2) is 15.1 Å². The molecule has 0 spiro atoms. The van der Waals surface area contributed by atoms with Crippen LogP contribution in [0.15, 0.2) is 53.6 Å². The molecule has 32 heavy (non-hydrogen) atoms. The highest BCUT2D eigenvalue weighted by atomic mass is 32.2. The van der Waals surface area contributed by atoms with E-state index >= 15 is 0 Å². The molecule has 166 valence electrons. The molecule has 12 heteroatoms. The maximum Gasteiger partial charge on any atom is 0.339 e. The largest absolute Gasteiger partial charge is 0.442 e. The van der Waals surface area contributed by atoms with E-state index in [4.69, 9.17) is 16.2 Å². The Bertz CT molecular complexity index is 1340. The van der Waals surface area contributed by atoms with Gasteiger partial charge < -0.3 is 16.2 Å². The van der Waals surface area contributed by atoms with Gasteiger partial charge in [-0.2, -0.15) is 5.01 Å². The third-order valence-corrected chi connectivity index (χ3v) is 8.03. The minimum atomic E-state index is -3.84. The monoisotopic (exact) mass is 473 g/mol. The number of urea groups is 1. The molecule has 2 atom stereocenters. The third kappa shape index (κ3) is 3.89. The lowest BCUT2D eigenvalue weighted by Gasteiger charge is -2.16. The van der Waals surface area contributed by atoms with Crippen LogP contribution in [-0.2, 0) is 19.4 Å². The van der Waals surface area contributed by atoms with Crippen LogP contribution >= 0.6 is 11.3 Å². The van der Waals surface area contributed by atoms with E-state index in [1.807, 2.05) is 42.5 Å². The Kier molecular flexibility index (Phi) is 5.57. The first-order valence-corrected chi connectivity index (χ1v) is 12.0. The van der Waals surface area contributed by atoms with Gasteiger partial charge in [-0.1, -0.05) is 43.3 Å². The van der Waals surface area contributed by atoms with Crippen molar-refractivity contribution >= 4 is 49.2 Å². The standard InChI is InChI=1S/C20H19N5O5S2/c1-2-32(28,29)15(17-24-25(20(22)27)19(30-17)16(21)26)18-23-13-9-8-12(10-14(13)31-18)11-6-4-3-5-7-11/h3-10,15,19H,2H2,1H3,(H2,21,26)(H2,22,27). The first kappa shape index (κ1) is 21.7. The van der Waals surface area contributed by atoms with Crippen molar-refractivity contribution in [3.05, 3.63) is 53.5 Å². The fourth-order valence-corrected chi connectivity index (χ4v) is 5.92. The average molecular weight is 474 g/mol. The van der Waals surface area contributed by atoms with Gasteiger partial charge in [0.1, 0.15) is 5.01 Å². The molecule has 0 radical (unpaired) electrons. The molecule has 0 aliphatic carbocycles. The van der Waals surface area contributed by atoms with Crippen LogP contribution in [0.4, 0.5) is 4.79 Å². The number of hydrogen-bond donors (Lipinski definition) is 2. The Morgan fingerprint density at radius 2 is 1.88 bits per heavy atom. The fraction of sp³-hybridized carbons (Fsp3) is 0.200. The van der Waals surface area contributed by atoms with Crippen molar-refractivity contribution < 1.29 is 22.7 Å². The van der Waals surface area contributed by atoms with Gasteiger partial charge in [0.25, 0.3) is 12.1 Å². The number of fused-ring (bicyclic) bond motifs is 1. The van der Waals surface area contributed by atoms with Gasteiger partial charge in [-0.3, -0.25) is 4.79 Å². The molecule has 3 aromatic rings. The number of nitrogens with zero attached hydrogens (tertiary/aromatic N) is 3. The summed E-state index contributed by atoms with van der Waals surface area (Å²) in [6, 6.07) is 14.2. The Morgan fingerprint density at radius 1 is 1.16 bits per heavy atom. The third-order valence-electron chi connectivity index (χ3n) is 4.85. The molecule has 0 fully saturated rings. The smallest absolute Gasteiger partial charge is 0.339 e. The van der Waals surface area contributed by atoms with Crippen LogP contribution < -0.4 is 11.5 Å². The molecular weight excluding hydrogens is 454 g/mol. The predicted octanol–water partition coefficient (Wildman–Crippen LogP) is 1.97. The van der Waals surface area contributed by atoms with Gasteiger partial charge in [-0.25, -0.2) is 18.2 Å². The normalized spacial score (nSPS) is 17.1. The van der Waals surface area contributed by atoms with E-state index in [0.29, 0.717) is 10.5 Å².